The summed E-state index contributed by atoms with van der Waals surface area (Å²) in [5.74, 6) is 7.73. The lowest BCUT2D eigenvalue weighted by Gasteiger charge is -2.38. The summed E-state index contributed by atoms with van der Waals surface area (Å²) in [5.41, 5.74) is 3.28. The van der Waals surface area contributed by atoms with Crippen LogP contribution in [-0.2, 0) is 12.0 Å². The predicted octanol–water partition coefficient (Wildman–Crippen LogP) is 3.86. The largest absolute Gasteiger partial charge is 0.492 e. The number of fused-ring (bicyclic) bond motifs is 2. The molecule has 2 aliphatic rings. The van der Waals surface area contributed by atoms with Crippen LogP contribution < -0.4 is 14.6 Å². The van der Waals surface area contributed by atoms with E-state index in [-0.39, 0.29) is 11.3 Å². The van der Waals surface area contributed by atoms with E-state index in [1.54, 1.807) is 12.1 Å². The van der Waals surface area contributed by atoms with Crippen LogP contribution in [-0.4, -0.2) is 30.5 Å². The third kappa shape index (κ3) is 4.51. The van der Waals surface area contributed by atoms with Crippen molar-refractivity contribution >= 4 is 18.0 Å². The van der Waals surface area contributed by atoms with Gasteiger partial charge in [0, 0.05) is 48.3 Å². The molecule has 1 spiro atoms. The van der Waals surface area contributed by atoms with E-state index in [0.717, 1.165) is 36.3 Å². The molecule has 2 aromatic carbocycles. The average Bonchev–Trinajstić information content (AvgIpc) is 3.48. The summed E-state index contributed by atoms with van der Waals surface area (Å²) in [6.07, 6.45) is 1.71. The molecule has 1 amide bonds. The highest BCUT2D eigenvalue weighted by atomic mass is 32.2. The summed E-state index contributed by atoms with van der Waals surface area (Å²) < 4.78 is 14.8. The summed E-state index contributed by atoms with van der Waals surface area (Å²) in [6.45, 7) is 2.68. The molecule has 5 rings (SSSR count). The van der Waals surface area contributed by atoms with Crippen LogP contribution in [0.25, 0.3) is 0 Å². The van der Waals surface area contributed by atoms with E-state index in [0.29, 0.717) is 37.8 Å². The number of carbonyl (C=O) groups is 1. The number of piperidine rings is 1. The quantitative estimate of drug-likeness (QED) is 0.456. The van der Waals surface area contributed by atoms with E-state index < -0.39 is 0 Å². The molecule has 33 heavy (non-hydrogen) atoms. The number of nitrogens with one attached hydrogen (secondary N) is 1. The molecule has 0 bridgehead atoms. The van der Waals surface area contributed by atoms with Crippen LogP contribution in [0.5, 0.6) is 5.75 Å². The zero-order valence-corrected chi connectivity index (χ0v) is 19.0. The number of nitrogens with two attached hydrogens (primary N) is 1. The maximum absolute atomic E-state index is 13.0. The van der Waals surface area contributed by atoms with Crippen molar-refractivity contribution in [3.05, 3.63) is 88.9 Å². The van der Waals surface area contributed by atoms with Gasteiger partial charge in [-0.25, -0.2) is 4.72 Å². The van der Waals surface area contributed by atoms with Gasteiger partial charge in [0.2, 0.25) is 0 Å². The van der Waals surface area contributed by atoms with Gasteiger partial charge in [-0.15, -0.1) is 0 Å². The molecular formula is C26H25N3O3S. The van der Waals surface area contributed by atoms with Crippen molar-refractivity contribution in [3.63, 3.8) is 0 Å². The molecule has 3 heterocycles. The van der Waals surface area contributed by atoms with E-state index in [1.165, 1.54) is 11.1 Å². The second kappa shape index (κ2) is 9.36. The van der Waals surface area contributed by atoms with Crippen molar-refractivity contribution in [2.75, 3.05) is 19.7 Å². The minimum atomic E-state index is -0.0883. The minimum absolute atomic E-state index is 0.0482. The molecular weight excluding hydrogens is 434 g/mol. The summed E-state index contributed by atoms with van der Waals surface area (Å²) in [5, 5.41) is 5.49. The average molecular weight is 460 g/mol. The second-order valence-corrected chi connectivity index (χ2v) is 8.93. The van der Waals surface area contributed by atoms with Crippen molar-refractivity contribution in [2.24, 2.45) is 5.14 Å². The van der Waals surface area contributed by atoms with Crippen LogP contribution in [0.15, 0.2) is 65.1 Å². The lowest BCUT2D eigenvalue weighted by molar-refractivity contribution is 0.0615. The van der Waals surface area contributed by atoms with Gasteiger partial charge in [-0.05, 0) is 54.7 Å². The first-order chi connectivity index (χ1) is 16.2. The zero-order chi connectivity index (χ0) is 22.7. The van der Waals surface area contributed by atoms with Crippen LogP contribution in [0.3, 0.4) is 0 Å². The number of furan rings is 1. The number of amides is 1. The van der Waals surface area contributed by atoms with Gasteiger partial charge in [-0.3, -0.25) is 9.93 Å². The van der Waals surface area contributed by atoms with Gasteiger partial charge in [0.25, 0.3) is 5.91 Å². The Bertz CT molecular complexity index is 1200. The molecule has 0 aliphatic carbocycles. The molecule has 3 aromatic rings. The Kier molecular flexibility index (Phi) is 6.14. The number of ether oxygens (including phenoxy) is 1. The highest BCUT2D eigenvalue weighted by molar-refractivity contribution is 7.95. The van der Waals surface area contributed by atoms with Crippen molar-refractivity contribution in [1.82, 2.24) is 9.62 Å². The molecule has 168 valence electrons. The number of nitrogens with zero attached hydrogens (tertiary/aromatic N) is 1. The second-order valence-electron chi connectivity index (χ2n) is 8.41. The van der Waals surface area contributed by atoms with E-state index >= 15 is 0 Å². The van der Waals surface area contributed by atoms with Gasteiger partial charge in [0.15, 0.2) is 11.5 Å². The van der Waals surface area contributed by atoms with Gasteiger partial charge < -0.3 is 14.1 Å². The smallest absolute Gasteiger partial charge is 0.289 e. The standard InChI is InChI=1S/C26H25N3O3S/c27-33-28-17-20-7-10-23-22(16-20)26(18-31-23)12-14-29(15-13-26)25(30)24-11-9-21(32-24)8-6-19-4-2-1-3-5-19/h1-5,7,9-11,16,28H,12-15,17-18,27H2. The van der Waals surface area contributed by atoms with Crippen molar-refractivity contribution in [3.8, 4) is 17.6 Å². The van der Waals surface area contributed by atoms with Crippen LogP contribution in [0.2, 0.25) is 0 Å². The Balaban J connectivity index is 1.25. The Morgan fingerprint density at radius 3 is 2.70 bits per heavy atom. The zero-order valence-electron chi connectivity index (χ0n) is 18.2. The Morgan fingerprint density at radius 2 is 1.91 bits per heavy atom. The van der Waals surface area contributed by atoms with Crippen LogP contribution >= 0.6 is 12.1 Å². The number of hydrogen-bond donors (Lipinski definition) is 2. The Hall–Kier alpha value is -3.18. The first kappa shape index (κ1) is 21.7. The topological polar surface area (TPSA) is 80.7 Å². The number of likely N-dealkylation sites (tertiary alicyclic amines) is 1. The molecule has 2 aliphatic heterocycles. The molecule has 0 atom stereocenters. The van der Waals surface area contributed by atoms with Crippen molar-refractivity contribution in [2.45, 2.75) is 24.8 Å². The van der Waals surface area contributed by atoms with Crippen molar-refractivity contribution < 1.29 is 13.9 Å². The maximum Gasteiger partial charge on any atom is 0.289 e. The first-order valence-electron chi connectivity index (χ1n) is 11.0. The van der Waals surface area contributed by atoms with Crippen LogP contribution in [0, 0.1) is 11.8 Å². The maximum atomic E-state index is 13.0. The number of carbonyl (C=O) groups excluding carboxylic acids is 1. The first-order valence-corrected chi connectivity index (χ1v) is 11.9. The van der Waals surface area contributed by atoms with Gasteiger partial charge in [-0.2, -0.15) is 0 Å². The number of benzene rings is 2. The molecule has 1 fully saturated rings. The molecule has 1 aromatic heterocycles. The van der Waals surface area contributed by atoms with E-state index in [1.807, 2.05) is 41.3 Å². The SMILES string of the molecule is NSNCc1ccc2c(c1)C1(CCN(C(=O)c3ccc(C#Cc4ccccc4)o3)CC1)CO2. The predicted molar refractivity (Wildman–Crippen MR) is 129 cm³/mol. The third-order valence-corrected chi connectivity index (χ3v) is 6.72. The summed E-state index contributed by atoms with van der Waals surface area (Å²) >= 11 is 1.12. The van der Waals surface area contributed by atoms with Gasteiger partial charge in [0.05, 0.1) is 6.61 Å². The molecule has 0 unspecified atom stereocenters. The fourth-order valence-electron chi connectivity index (χ4n) is 4.53. The van der Waals surface area contributed by atoms with Crippen LogP contribution in [0.1, 0.15) is 45.8 Å². The molecule has 1 saturated heterocycles. The number of hydrogen-bond acceptors (Lipinski definition) is 6. The highest BCUT2D eigenvalue weighted by Gasteiger charge is 2.44. The van der Waals surface area contributed by atoms with E-state index in [4.69, 9.17) is 14.3 Å². The summed E-state index contributed by atoms with van der Waals surface area (Å²) in [4.78, 5) is 14.9. The minimum Gasteiger partial charge on any atom is -0.492 e. The number of rotatable bonds is 4. The van der Waals surface area contributed by atoms with Crippen molar-refractivity contribution in [1.29, 1.82) is 0 Å². The lowest BCUT2D eigenvalue weighted by Crippen LogP contribution is -2.46. The monoisotopic (exact) mass is 459 g/mol. The Morgan fingerprint density at radius 1 is 1.09 bits per heavy atom. The Labute approximate surface area is 197 Å². The lowest BCUT2D eigenvalue weighted by atomic mass is 9.74. The highest BCUT2D eigenvalue weighted by Crippen LogP contribution is 2.46. The fraction of sp³-hybridized carbons (Fsp3) is 0.269. The van der Waals surface area contributed by atoms with Gasteiger partial charge in [-0.1, -0.05) is 36.3 Å². The molecule has 7 heteroatoms. The van der Waals surface area contributed by atoms with Gasteiger partial charge >= 0.3 is 0 Å². The third-order valence-electron chi connectivity index (χ3n) is 6.41. The van der Waals surface area contributed by atoms with E-state index in [2.05, 4.69) is 28.7 Å². The summed E-state index contributed by atoms with van der Waals surface area (Å²) in [7, 11) is 0. The molecule has 6 nitrogen and oxygen atoms in total. The van der Waals surface area contributed by atoms with E-state index in [9.17, 15) is 4.79 Å². The summed E-state index contributed by atoms with van der Waals surface area (Å²) in [6, 6.07) is 19.5. The molecule has 0 radical (unpaired) electrons. The normalized spacial score (nSPS) is 16.1. The van der Waals surface area contributed by atoms with Crippen LogP contribution in [0.4, 0.5) is 0 Å². The molecule has 0 saturated carbocycles. The van der Waals surface area contributed by atoms with Gasteiger partial charge in [0.1, 0.15) is 5.75 Å². The fourth-order valence-corrected chi connectivity index (χ4v) is 4.78. The molecule has 3 N–H and O–H groups in total.